The lowest BCUT2D eigenvalue weighted by Gasteiger charge is -2.33. The summed E-state index contributed by atoms with van der Waals surface area (Å²) in [5.74, 6) is 0.754. The van der Waals surface area contributed by atoms with Crippen LogP contribution in [0.15, 0.2) is 24.7 Å². The van der Waals surface area contributed by atoms with Gasteiger partial charge in [0.1, 0.15) is 12.5 Å². The molecule has 0 aromatic heterocycles. The zero-order valence-electron chi connectivity index (χ0n) is 12.3. The van der Waals surface area contributed by atoms with Crippen molar-refractivity contribution in [2.45, 2.75) is 51.4 Å². The van der Waals surface area contributed by atoms with Crippen LogP contribution in [0.1, 0.15) is 51.4 Å². The smallest absolute Gasteiger partial charge is 0.414 e. The summed E-state index contributed by atoms with van der Waals surface area (Å²) in [6, 6.07) is 0. The van der Waals surface area contributed by atoms with Gasteiger partial charge in [-0.3, -0.25) is 5.32 Å². The molecule has 0 radical (unpaired) electrons. The standard InChI is InChI=1S/C16H23NO4/c18-15(17-14-12-19-8-9-20-14)21-11-13-4-7-16(10-13)5-2-1-3-6-16/h8-9,12-13H,1-7,10-11H2,(H,17,18). The molecule has 5 nitrogen and oxygen atoms in total. The van der Waals surface area contributed by atoms with Crippen LogP contribution < -0.4 is 5.32 Å². The fourth-order valence-corrected chi connectivity index (χ4v) is 3.88. The first-order valence-electron chi connectivity index (χ1n) is 7.87. The van der Waals surface area contributed by atoms with Crippen LogP contribution in [-0.4, -0.2) is 12.7 Å². The van der Waals surface area contributed by atoms with Crippen LogP contribution >= 0.6 is 0 Å². The Morgan fingerprint density at radius 3 is 2.90 bits per heavy atom. The number of hydrogen-bond donors (Lipinski definition) is 1. The Morgan fingerprint density at radius 2 is 2.14 bits per heavy atom. The zero-order valence-corrected chi connectivity index (χ0v) is 12.3. The number of ether oxygens (including phenoxy) is 3. The van der Waals surface area contributed by atoms with E-state index in [9.17, 15) is 4.79 Å². The molecule has 0 aromatic rings. The topological polar surface area (TPSA) is 56.8 Å². The SMILES string of the molecule is O=C(NC1=COC=CO1)OCC1CCC2(CCCCC2)C1. The molecule has 0 bridgehead atoms. The average molecular weight is 293 g/mol. The van der Waals surface area contributed by atoms with Gasteiger partial charge in [-0.1, -0.05) is 19.3 Å². The Bertz CT molecular complexity index is 438. The quantitative estimate of drug-likeness (QED) is 0.860. The highest BCUT2D eigenvalue weighted by atomic mass is 16.6. The van der Waals surface area contributed by atoms with Crippen LogP contribution in [0.25, 0.3) is 0 Å². The maximum Gasteiger partial charge on any atom is 0.414 e. The summed E-state index contributed by atoms with van der Waals surface area (Å²) in [6.07, 6.45) is 14.1. The molecular formula is C16H23NO4. The molecule has 3 rings (SSSR count). The van der Waals surface area contributed by atoms with E-state index < -0.39 is 6.09 Å². The van der Waals surface area contributed by atoms with Crippen LogP contribution in [-0.2, 0) is 14.2 Å². The fraction of sp³-hybridized carbons (Fsp3) is 0.688. The van der Waals surface area contributed by atoms with Gasteiger partial charge in [0.25, 0.3) is 0 Å². The molecule has 1 amide bonds. The van der Waals surface area contributed by atoms with Crippen molar-refractivity contribution in [1.29, 1.82) is 0 Å². The largest absolute Gasteiger partial charge is 0.464 e. The summed E-state index contributed by atoms with van der Waals surface area (Å²) >= 11 is 0. The van der Waals surface area contributed by atoms with Crippen molar-refractivity contribution in [2.24, 2.45) is 11.3 Å². The van der Waals surface area contributed by atoms with Gasteiger partial charge in [-0.15, -0.1) is 0 Å². The van der Waals surface area contributed by atoms with E-state index in [-0.39, 0.29) is 5.88 Å². The maximum absolute atomic E-state index is 11.7. The lowest BCUT2D eigenvalue weighted by atomic mass is 9.72. The number of carbonyl (C=O) groups is 1. The van der Waals surface area contributed by atoms with E-state index in [1.54, 1.807) is 0 Å². The van der Waals surface area contributed by atoms with E-state index in [1.165, 1.54) is 70.2 Å². The second-order valence-electron chi connectivity index (χ2n) is 6.40. The van der Waals surface area contributed by atoms with Gasteiger partial charge in [-0.05, 0) is 43.4 Å². The molecule has 0 aromatic carbocycles. The molecular weight excluding hydrogens is 270 g/mol. The molecule has 2 aliphatic carbocycles. The summed E-state index contributed by atoms with van der Waals surface area (Å²) in [5, 5.41) is 2.52. The number of nitrogens with one attached hydrogen (secondary N) is 1. The number of carbonyl (C=O) groups excluding carboxylic acids is 1. The number of hydrogen-bond acceptors (Lipinski definition) is 4. The third kappa shape index (κ3) is 3.71. The van der Waals surface area contributed by atoms with Crippen LogP contribution in [0, 0.1) is 11.3 Å². The lowest BCUT2D eigenvalue weighted by Crippen LogP contribution is -2.27. The molecule has 1 aliphatic heterocycles. The minimum atomic E-state index is -0.482. The fourth-order valence-electron chi connectivity index (χ4n) is 3.88. The summed E-state index contributed by atoms with van der Waals surface area (Å²) < 4.78 is 15.3. The van der Waals surface area contributed by atoms with E-state index in [0.29, 0.717) is 17.9 Å². The Morgan fingerprint density at radius 1 is 1.29 bits per heavy atom. The van der Waals surface area contributed by atoms with Gasteiger partial charge in [0.2, 0.25) is 5.88 Å². The Balaban J connectivity index is 1.39. The highest BCUT2D eigenvalue weighted by Gasteiger charge is 2.39. The maximum atomic E-state index is 11.7. The minimum Gasteiger partial charge on any atom is -0.464 e. The Hall–Kier alpha value is -1.65. The second kappa shape index (κ2) is 6.41. The van der Waals surface area contributed by atoms with Crippen LogP contribution in [0.2, 0.25) is 0 Å². The van der Waals surface area contributed by atoms with E-state index in [4.69, 9.17) is 14.2 Å². The highest BCUT2D eigenvalue weighted by molar-refractivity contribution is 5.69. The van der Waals surface area contributed by atoms with Gasteiger partial charge in [0, 0.05) is 0 Å². The van der Waals surface area contributed by atoms with Crippen molar-refractivity contribution < 1.29 is 19.0 Å². The van der Waals surface area contributed by atoms with Gasteiger partial charge >= 0.3 is 6.09 Å². The first-order chi connectivity index (χ1) is 10.3. The second-order valence-corrected chi connectivity index (χ2v) is 6.40. The van der Waals surface area contributed by atoms with Gasteiger partial charge < -0.3 is 14.2 Å². The van der Waals surface area contributed by atoms with E-state index in [2.05, 4.69) is 5.32 Å². The highest BCUT2D eigenvalue weighted by Crippen LogP contribution is 2.51. The molecule has 1 heterocycles. The molecule has 5 heteroatoms. The summed E-state index contributed by atoms with van der Waals surface area (Å²) in [5.41, 5.74) is 0.552. The van der Waals surface area contributed by atoms with Crippen molar-refractivity contribution in [3.8, 4) is 0 Å². The number of amides is 1. The molecule has 1 N–H and O–H groups in total. The monoisotopic (exact) mass is 293 g/mol. The molecule has 0 saturated heterocycles. The van der Waals surface area contributed by atoms with Crippen molar-refractivity contribution >= 4 is 6.09 Å². The minimum absolute atomic E-state index is 0.248. The van der Waals surface area contributed by atoms with Crippen molar-refractivity contribution in [3.05, 3.63) is 24.7 Å². The molecule has 1 unspecified atom stereocenters. The first-order valence-corrected chi connectivity index (χ1v) is 7.87. The zero-order chi connectivity index (χ0) is 14.5. The van der Waals surface area contributed by atoms with E-state index in [1.807, 2.05) is 0 Å². The van der Waals surface area contributed by atoms with Gasteiger partial charge in [-0.2, -0.15) is 0 Å². The van der Waals surface area contributed by atoms with E-state index >= 15 is 0 Å². The third-order valence-corrected chi connectivity index (χ3v) is 4.90. The predicted octanol–water partition coefficient (Wildman–Crippen LogP) is 3.78. The number of rotatable bonds is 3. The van der Waals surface area contributed by atoms with Gasteiger partial charge in [0.05, 0.1) is 6.61 Å². The van der Waals surface area contributed by atoms with Crippen LogP contribution in [0.5, 0.6) is 0 Å². The third-order valence-electron chi connectivity index (χ3n) is 4.90. The molecule has 1 atom stereocenters. The average Bonchev–Trinajstić information content (AvgIpc) is 2.90. The molecule has 2 fully saturated rings. The van der Waals surface area contributed by atoms with Crippen molar-refractivity contribution in [2.75, 3.05) is 6.61 Å². The Labute approximate surface area is 125 Å². The molecule has 1 spiro atoms. The van der Waals surface area contributed by atoms with E-state index in [0.717, 1.165) is 0 Å². The summed E-state index contributed by atoms with van der Waals surface area (Å²) in [4.78, 5) is 11.7. The lowest BCUT2D eigenvalue weighted by molar-refractivity contribution is 0.114. The van der Waals surface area contributed by atoms with Crippen LogP contribution in [0.3, 0.4) is 0 Å². The van der Waals surface area contributed by atoms with Gasteiger partial charge in [-0.25, -0.2) is 4.79 Å². The summed E-state index contributed by atoms with van der Waals surface area (Å²) in [7, 11) is 0. The van der Waals surface area contributed by atoms with Crippen LogP contribution in [0.4, 0.5) is 4.79 Å². The number of alkyl carbamates (subject to hydrolysis) is 1. The molecule has 2 saturated carbocycles. The molecule has 116 valence electrons. The normalized spacial score (nSPS) is 26.7. The summed E-state index contributed by atoms with van der Waals surface area (Å²) in [6.45, 7) is 0.498. The van der Waals surface area contributed by atoms with Crippen molar-refractivity contribution in [3.63, 3.8) is 0 Å². The predicted molar refractivity (Wildman–Crippen MR) is 76.7 cm³/mol. The molecule has 3 aliphatic rings. The first kappa shape index (κ1) is 14.3. The van der Waals surface area contributed by atoms with Crippen molar-refractivity contribution in [1.82, 2.24) is 5.32 Å². The molecule has 21 heavy (non-hydrogen) atoms. The van der Waals surface area contributed by atoms with Gasteiger partial charge in [0.15, 0.2) is 6.26 Å². The Kier molecular flexibility index (Phi) is 4.36.